The molecule has 1 aromatic carbocycles. The Bertz CT molecular complexity index is 692. The van der Waals surface area contributed by atoms with Crippen LogP contribution in [0.15, 0.2) is 24.3 Å². The number of benzene rings is 1. The Balaban J connectivity index is 2.09. The maximum absolute atomic E-state index is 12.9. The first-order valence-corrected chi connectivity index (χ1v) is 9.39. The van der Waals surface area contributed by atoms with Crippen LogP contribution in [0.25, 0.3) is 0 Å². The number of likely N-dealkylation sites (N-methyl/N-ethyl adjacent to an activating group) is 2. The van der Waals surface area contributed by atoms with Crippen molar-refractivity contribution >= 4 is 5.91 Å². The second-order valence-electron chi connectivity index (χ2n) is 7.13. The quantitative estimate of drug-likeness (QED) is 0.784. The highest BCUT2D eigenvalue weighted by atomic mass is 16.2. The average Bonchev–Trinajstić information content (AvgIpc) is 2.71. The zero-order chi connectivity index (χ0) is 19.2. The Morgan fingerprint density at radius 2 is 1.81 bits per heavy atom. The summed E-state index contributed by atoms with van der Waals surface area (Å²) in [5, 5.41) is 18.6. The van der Waals surface area contributed by atoms with Crippen LogP contribution < -0.4 is 0 Å². The van der Waals surface area contributed by atoms with Crippen molar-refractivity contribution in [3.05, 3.63) is 35.4 Å². The number of nitrogens with zero attached hydrogens (tertiary/aromatic N) is 4. The molecule has 1 amide bonds. The van der Waals surface area contributed by atoms with E-state index in [4.69, 9.17) is 5.26 Å². The van der Waals surface area contributed by atoms with Crippen molar-refractivity contribution < 1.29 is 4.79 Å². The molecule has 0 aromatic heterocycles. The second-order valence-corrected chi connectivity index (χ2v) is 7.13. The maximum Gasteiger partial charge on any atom is 0.237 e. The highest BCUT2D eigenvalue weighted by Gasteiger charge is 2.39. The van der Waals surface area contributed by atoms with Crippen molar-refractivity contribution in [3.63, 3.8) is 0 Å². The Labute approximate surface area is 156 Å². The summed E-state index contributed by atoms with van der Waals surface area (Å²) in [7, 11) is 1.77. The molecule has 1 saturated carbocycles. The average molecular weight is 352 g/mol. The predicted molar refractivity (Wildman–Crippen MR) is 101 cm³/mol. The monoisotopic (exact) mass is 352 g/mol. The van der Waals surface area contributed by atoms with Crippen LogP contribution in [0.1, 0.15) is 63.1 Å². The molecule has 1 atom stereocenters. The molecule has 0 aliphatic heterocycles. The number of rotatable bonds is 6. The summed E-state index contributed by atoms with van der Waals surface area (Å²) in [5.74, 6) is -0.00389. The summed E-state index contributed by atoms with van der Waals surface area (Å²) >= 11 is 0. The summed E-state index contributed by atoms with van der Waals surface area (Å²) < 4.78 is 0. The van der Waals surface area contributed by atoms with E-state index in [-0.39, 0.29) is 18.5 Å². The standard InChI is InChI=1S/C21H28N4O/c1-4-25(17(2)19-10-8-18(14-22)9-11-19)15-20(26)24(3)21(16-23)12-6-5-7-13-21/h8-11,17H,4-7,12-13,15H2,1-3H3. The fraction of sp³-hybridized carbons (Fsp3) is 0.571. The molecule has 1 aliphatic carbocycles. The lowest BCUT2D eigenvalue weighted by Gasteiger charge is -2.40. The van der Waals surface area contributed by atoms with Crippen molar-refractivity contribution in [1.82, 2.24) is 9.80 Å². The molecular formula is C21H28N4O. The Kier molecular flexibility index (Phi) is 6.77. The van der Waals surface area contributed by atoms with Gasteiger partial charge in [-0.1, -0.05) is 38.3 Å². The van der Waals surface area contributed by atoms with Crippen LogP contribution >= 0.6 is 0 Å². The minimum absolute atomic E-state index is 0.00389. The number of carbonyl (C=O) groups is 1. The van der Waals surface area contributed by atoms with E-state index in [0.717, 1.165) is 44.2 Å². The molecule has 2 rings (SSSR count). The molecule has 0 heterocycles. The number of hydrogen-bond donors (Lipinski definition) is 0. The fourth-order valence-electron chi connectivity index (χ4n) is 3.75. The molecule has 1 aromatic rings. The van der Waals surface area contributed by atoms with Gasteiger partial charge in [-0.3, -0.25) is 9.69 Å². The van der Waals surface area contributed by atoms with E-state index in [1.54, 1.807) is 24.1 Å². The van der Waals surface area contributed by atoms with E-state index in [1.807, 2.05) is 19.1 Å². The van der Waals surface area contributed by atoms with Gasteiger partial charge in [0.05, 0.1) is 24.2 Å². The van der Waals surface area contributed by atoms with E-state index in [1.165, 1.54) is 0 Å². The van der Waals surface area contributed by atoms with Gasteiger partial charge in [-0.05, 0) is 44.0 Å². The van der Waals surface area contributed by atoms with Crippen LogP contribution in [0.3, 0.4) is 0 Å². The van der Waals surface area contributed by atoms with Crippen LogP contribution in [-0.4, -0.2) is 41.4 Å². The van der Waals surface area contributed by atoms with Crippen molar-refractivity contribution in [2.45, 2.75) is 57.5 Å². The summed E-state index contributed by atoms with van der Waals surface area (Å²) in [5.41, 5.74) is 1.06. The summed E-state index contributed by atoms with van der Waals surface area (Å²) in [6.45, 7) is 5.13. The van der Waals surface area contributed by atoms with E-state index in [9.17, 15) is 10.1 Å². The molecule has 0 N–H and O–H groups in total. The van der Waals surface area contributed by atoms with Crippen molar-refractivity contribution in [3.8, 4) is 12.1 Å². The second kappa shape index (κ2) is 8.83. The number of nitriles is 2. The molecule has 1 aliphatic rings. The van der Waals surface area contributed by atoms with Crippen LogP contribution in [0.5, 0.6) is 0 Å². The van der Waals surface area contributed by atoms with Gasteiger partial charge in [-0.15, -0.1) is 0 Å². The zero-order valence-electron chi connectivity index (χ0n) is 16.0. The first-order valence-electron chi connectivity index (χ1n) is 9.39. The van der Waals surface area contributed by atoms with Gasteiger partial charge in [0.1, 0.15) is 5.54 Å². The Morgan fingerprint density at radius 3 is 2.31 bits per heavy atom. The first kappa shape index (κ1) is 19.9. The normalized spacial score (nSPS) is 17.2. The lowest BCUT2D eigenvalue weighted by Crippen LogP contribution is -2.52. The molecular weight excluding hydrogens is 324 g/mol. The molecule has 26 heavy (non-hydrogen) atoms. The van der Waals surface area contributed by atoms with Gasteiger partial charge in [-0.25, -0.2) is 0 Å². The first-order chi connectivity index (χ1) is 12.5. The third kappa shape index (κ3) is 4.23. The zero-order valence-corrected chi connectivity index (χ0v) is 16.0. The SMILES string of the molecule is CCN(CC(=O)N(C)C1(C#N)CCCCC1)C(C)c1ccc(C#N)cc1. The van der Waals surface area contributed by atoms with Crippen LogP contribution in [0.2, 0.25) is 0 Å². The third-order valence-electron chi connectivity index (χ3n) is 5.72. The lowest BCUT2D eigenvalue weighted by atomic mass is 9.81. The largest absolute Gasteiger partial charge is 0.326 e. The number of carbonyl (C=O) groups excluding carboxylic acids is 1. The topological polar surface area (TPSA) is 71.1 Å². The summed E-state index contributed by atoms with van der Waals surface area (Å²) in [6.07, 6.45) is 4.68. The van der Waals surface area contributed by atoms with E-state index in [2.05, 4.69) is 24.0 Å². The van der Waals surface area contributed by atoms with Gasteiger partial charge in [0.2, 0.25) is 5.91 Å². The van der Waals surface area contributed by atoms with E-state index >= 15 is 0 Å². The fourth-order valence-corrected chi connectivity index (χ4v) is 3.75. The predicted octanol–water partition coefficient (Wildman–Crippen LogP) is 3.63. The Hall–Kier alpha value is -2.37. The van der Waals surface area contributed by atoms with Crippen LogP contribution in [-0.2, 0) is 4.79 Å². The molecule has 0 saturated heterocycles. The van der Waals surface area contributed by atoms with Crippen molar-refractivity contribution in [1.29, 1.82) is 10.5 Å². The number of amides is 1. The van der Waals surface area contributed by atoms with Crippen LogP contribution in [0.4, 0.5) is 0 Å². The molecule has 0 bridgehead atoms. The van der Waals surface area contributed by atoms with Gasteiger partial charge in [0.25, 0.3) is 0 Å². The van der Waals surface area contributed by atoms with Crippen molar-refractivity contribution in [2.75, 3.05) is 20.1 Å². The Morgan fingerprint density at radius 1 is 1.19 bits per heavy atom. The minimum atomic E-state index is -0.646. The smallest absolute Gasteiger partial charge is 0.237 e. The molecule has 5 heteroatoms. The third-order valence-corrected chi connectivity index (χ3v) is 5.72. The minimum Gasteiger partial charge on any atom is -0.326 e. The summed E-state index contributed by atoms with van der Waals surface area (Å²) in [6, 6.07) is 12.1. The molecule has 0 radical (unpaired) electrons. The van der Waals surface area contributed by atoms with Crippen molar-refractivity contribution in [2.24, 2.45) is 0 Å². The van der Waals surface area contributed by atoms with Crippen LogP contribution in [0, 0.1) is 22.7 Å². The summed E-state index contributed by atoms with van der Waals surface area (Å²) in [4.78, 5) is 16.7. The highest BCUT2D eigenvalue weighted by molar-refractivity contribution is 5.79. The maximum atomic E-state index is 12.9. The lowest BCUT2D eigenvalue weighted by molar-refractivity contribution is -0.136. The van der Waals surface area contributed by atoms with Gasteiger partial charge in [-0.2, -0.15) is 10.5 Å². The molecule has 1 fully saturated rings. The highest BCUT2D eigenvalue weighted by Crippen LogP contribution is 2.32. The van der Waals surface area contributed by atoms with Gasteiger partial charge in [0, 0.05) is 13.1 Å². The molecule has 138 valence electrons. The van der Waals surface area contributed by atoms with Gasteiger partial charge >= 0.3 is 0 Å². The van der Waals surface area contributed by atoms with Gasteiger partial charge < -0.3 is 4.90 Å². The van der Waals surface area contributed by atoms with Gasteiger partial charge in [0.15, 0.2) is 0 Å². The van der Waals surface area contributed by atoms with E-state index in [0.29, 0.717) is 5.56 Å². The molecule has 1 unspecified atom stereocenters. The number of hydrogen-bond acceptors (Lipinski definition) is 4. The molecule has 5 nitrogen and oxygen atoms in total. The van der Waals surface area contributed by atoms with E-state index < -0.39 is 5.54 Å². The molecule has 0 spiro atoms.